The van der Waals surface area contributed by atoms with E-state index in [9.17, 15) is 4.79 Å². The minimum absolute atomic E-state index is 0.0364. The van der Waals surface area contributed by atoms with Crippen LogP contribution in [0.2, 0.25) is 0 Å². The van der Waals surface area contributed by atoms with Crippen LogP contribution in [0.3, 0.4) is 0 Å². The number of nitrogens with one attached hydrogen (secondary N) is 2. The van der Waals surface area contributed by atoms with Gasteiger partial charge in [0.25, 0.3) is 5.82 Å². The van der Waals surface area contributed by atoms with Crippen molar-refractivity contribution in [2.24, 2.45) is 0 Å². The molecule has 0 bridgehead atoms. The van der Waals surface area contributed by atoms with Crippen LogP contribution in [0.5, 0.6) is 0 Å². The van der Waals surface area contributed by atoms with Gasteiger partial charge in [-0.15, -0.1) is 11.5 Å². The van der Waals surface area contributed by atoms with Crippen molar-refractivity contribution >= 4 is 5.97 Å². The largest absolute Gasteiger partial charge is 0.460 e. The molecule has 0 aliphatic carbocycles. The molecule has 0 unspecified atom stereocenters. The second-order valence-electron chi connectivity index (χ2n) is 2.63. The number of H-pyrrole nitrogens is 1. The zero-order valence-corrected chi connectivity index (χ0v) is 8.41. The zero-order chi connectivity index (χ0) is 11.1. The van der Waals surface area contributed by atoms with Crippen molar-refractivity contribution < 1.29 is 9.53 Å². The molecule has 0 atom stereocenters. The lowest BCUT2D eigenvalue weighted by atomic mass is 10.5. The van der Waals surface area contributed by atoms with E-state index in [1.165, 1.54) is 0 Å². The summed E-state index contributed by atoms with van der Waals surface area (Å²) < 4.78 is 4.73. The highest BCUT2D eigenvalue weighted by molar-refractivity contribution is 5.84. The standard InChI is InChI=1S/C9H12N4O2/c1-3-5-10-6-7-11-8(13-12-7)9(14)15-4-2/h1,10H,4-6H2,2H3,(H,11,12,13). The summed E-state index contributed by atoms with van der Waals surface area (Å²) in [6.07, 6.45) is 5.05. The molecule has 6 nitrogen and oxygen atoms in total. The van der Waals surface area contributed by atoms with Gasteiger partial charge < -0.3 is 4.74 Å². The van der Waals surface area contributed by atoms with Crippen LogP contribution in [0.4, 0.5) is 0 Å². The third-order valence-corrected chi connectivity index (χ3v) is 1.51. The highest BCUT2D eigenvalue weighted by atomic mass is 16.5. The van der Waals surface area contributed by atoms with Crippen molar-refractivity contribution in [1.82, 2.24) is 20.5 Å². The summed E-state index contributed by atoms with van der Waals surface area (Å²) in [5.74, 6) is 2.48. The topological polar surface area (TPSA) is 79.9 Å². The highest BCUT2D eigenvalue weighted by Gasteiger charge is 2.12. The van der Waals surface area contributed by atoms with Crippen molar-refractivity contribution in [1.29, 1.82) is 0 Å². The van der Waals surface area contributed by atoms with E-state index in [-0.39, 0.29) is 5.82 Å². The first-order chi connectivity index (χ1) is 7.27. The third-order valence-electron chi connectivity index (χ3n) is 1.51. The first-order valence-corrected chi connectivity index (χ1v) is 4.50. The van der Waals surface area contributed by atoms with Crippen LogP contribution in [0, 0.1) is 12.3 Å². The Labute approximate surface area is 87.4 Å². The minimum atomic E-state index is -0.531. The Morgan fingerprint density at radius 3 is 3.20 bits per heavy atom. The maximum Gasteiger partial charge on any atom is 0.378 e. The van der Waals surface area contributed by atoms with Gasteiger partial charge in [0.05, 0.1) is 19.7 Å². The van der Waals surface area contributed by atoms with E-state index in [0.29, 0.717) is 25.5 Å². The molecule has 0 saturated carbocycles. The predicted octanol–water partition coefficient (Wildman–Crippen LogP) is -0.296. The monoisotopic (exact) mass is 208 g/mol. The molecule has 15 heavy (non-hydrogen) atoms. The molecule has 0 radical (unpaired) electrons. The average Bonchev–Trinajstić information content (AvgIpc) is 2.67. The molecule has 1 rings (SSSR count). The van der Waals surface area contributed by atoms with Crippen molar-refractivity contribution in [2.45, 2.75) is 13.5 Å². The molecule has 6 heteroatoms. The lowest BCUT2D eigenvalue weighted by Crippen LogP contribution is -2.14. The van der Waals surface area contributed by atoms with Crippen molar-refractivity contribution in [3.05, 3.63) is 11.6 Å². The van der Waals surface area contributed by atoms with Gasteiger partial charge in [-0.05, 0) is 6.92 Å². The molecule has 80 valence electrons. The maximum absolute atomic E-state index is 11.2. The third kappa shape index (κ3) is 3.40. The van der Waals surface area contributed by atoms with Crippen LogP contribution in [0.15, 0.2) is 0 Å². The number of hydrogen-bond donors (Lipinski definition) is 2. The molecule has 0 fully saturated rings. The normalized spacial score (nSPS) is 9.60. The van der Waals surface area contributed by atoms with Crippen molar-refractivity contribution in [3.63, 3.8) is 0 Å². The summed E-state index contributed by atoms with van der Waals surface area (Å²) in [6.45, 7) is 2.91. The van der Waals surface area contributed by atoms with Crippen LogP contribution < -0.4 is 5.32 Å². The number of carbonyl (C=O) groups excluding carboxylic acids is 1. The van der Waals surface area contributed by atoms with Crippen LogP contribution in [-0.2, 0) is 11.3 Å². The fourth-order valence-electron chi connectivity index (χ4n) is 0.914. The maximum atomic E-state index is 11.2. The summed E-state index contributed by atoms with van der Waals surface area (Å²) in [6, 6.07) is 0. The first kappa shape index (κ1) is 11.2. The predicted molar refractivity (Wildman–Crippen MR) is 52.9 cm³/mol. The van der Waals surface area contributed by atoms with Gasteiger partial charge in [0.15, 0.2) is 0 Å². The second kappa shape index (κ2) is 5.78. The molecular weight excluding hydrogens is 196 g/mol. The second-order valence-corrected chi connectivity index (χ2v) is 2.63. The van der Waals surface area contributed by atoms with E-state index in [1.807, 2.05) is 0 Å². The van der Waals surface area contributed by atoms with Crippen LogP contribution in [0.1, 0.15) is 23.4 Å². The number of carbonyl (C=O) groups is 1. The van der Waals surface area contributed by atoms with E-state index in [0.717, 1.165) is 0 Å². The minimum Gasteiger partial charge on any atom is -0.460 e. The van der Waals surface area contributed by atoms with E-state index < -0.39 is 5.97 Å². The van der Waals surface area contributed by atoms with Gasteiger partial charge in [-0.25, -0.2) is 9.78 Å². The van der Waals surface area contributed by atoms with Gasteiger partial charge in [0, 0.05) is 0 Å². The number of rotatable bonds is 5. The van der Waals surface area contributed by atoms with E-state index in [1.54, 1.807) is 6.92 Å². The Morgan fingerprint density at radius 1 is 1.73 bits per heavy atom. The van der Waals surface area contributed by atoms with Gasteiger partial charge in [-0.2, -0.15) is 0 Å². The molecule has 1 aromatic rings. The zero-order valence-electron chi connectivity index (χ0n) is 8.41. The van der Waals surface area contributed by atoms with E-state index >= 15 is 0 Å². The smallest absolute Gasteiger partial charge is 0.378 e. The number of hydrogen-bond acceptors (Lipinski definition) is 5. The van der Waals surface area contributed by atoms with Crippen molar-refractivity contribution in [3.8, 4) is 12.3 Å². The van der Waals surface area contributed by atoms with Gasteiger partial charge >= 0.3 is 5.97 Å². The Balaban J connectivity index is 2.49. The lowest BCUT2D eigenvalue weighted by molar-refractivity contribution is 0.0512. The van der Waals surface area contributed by atoms with Gasteiger partial charge in [0.1, 0.15) is 5.82 Å². The van der Waals surface area contributed by atoms with Gasteiger partial charge in [-0.1, -0.05) is 5.92 Å². The average molecular weight is 208 g/mol. The van der Waals surface area contributed by atoms with E-state index in [2.05, 4.69) is 26.4 Å². The molecule has 0 saturated heterocycles. The van der Waals surface area contributed by atoms with Gasteiger partial charge in [0.2, 0.25) is 0 Å². The summed E-state index contributed by atoms with van der Waals surface area (Å²) in [7, 11) is 0. The Bertz CT molecular complexity index is 366. The molecule has 2 N–H and O–H groups in total. The summed E-state index contributed by atoms with van der Waals surface area (Å²) in [5, 5.41) is 9.24. The molecular formula is C9H12N4O2. The SMILES string of the molecule is C#CCNCc1nc(C(=O)OCC)n[nH]1. The number of aromatic nitrogens is 3. The van der Waals surface area contributed by atoms with Crippen LogP contribution in [0.25, 0.3) is 0 Å². The molecule has 0 aliphatic rings. The Kier molecular flexibility index (Phi) is 4.31. The van der Waals surface area contributed by atoms with E-state index in [4.69, 9.17) is 11.2 Å². The number of ether oxygens (including phenoxy) is 1. The fourth-order valence-corrected chi connectivity index (χ4v) is 0.914. The molecule has 0 aromatic carbocycles. The summed E-state index contributed by atoms with van der Waals surface area (Å²) in [5.41, 5.74) is 0. The molecule has 0 aliphatic heterocycles. The number of terminal acetylenes is 1. The van der Waals surface area contributed by atoms with Crippen molar-refractivity contribution in [2.75, 3.05) is 13.2 Å². The Hall–Kier alpha value is -1.87. The number of nitrogens with zero attached hydrogens (tertiary/aromatic N) is 2. The molecule has 1 heterocycles. The quantitative estimate of drug-likeness (QED) is 0.394. The summed E-state index contributed by atoms with van der Waals surface area (Å²) >= 11 is 0. The first-order valence-electron chi connectivity index (χ1n) is 4.50. The fraction of sp³-hybridized carbons (Fsp3) is 0.444. The summed E-state index contributed by atoms with van der Waals surface area (Å²) in [4.78, 5) is 15.1. The molecule has 0 amide bonds. The Morgan fingerprint density at radius 2 is 2.53 bits per heavy atom. The number of esters is 1. The molecule has 0 spiro atoms. The lowest BCUT2D eigenvalue weighted by Gasteiger charge is -1.95. The van der Waals surface area contributed by atoms with Crippen LogP contribution in [-0.4, -0.2) is 34.3 Å². The molecule has 1 aromatic heterocycles. The van der Waals surface area contributed by atoms with Crippen LogP contribution >= 0.6 is 0 Å². The van der Waals surface area contributed by atoms with Gasteiger partial charge in [-0.3, -0.25) is 10.4 Å². The highest BCUT2D eigenvalue weighted by Crippen LogP contribution is 1.95. The number of aromatic amines is 1.